The highest BCUT2D eigenvalue weighted by atomic mass is 16.5. The smallest absolute Gasteiger partial charge is 0.312 e. The Hall–Kier alpha value is -3.68. The summed E-state index contributed by atoms with van der Waals surface area (Å²) in [5, 5.41) is 8.01. The maximum absolute atomic E-state index is 12.2. The summed E-state index contributed by atoms with van der Waals surface area (Å²) in [6, 6.07) is 17.0. The van der Waals surface area contributed by atoms with Crippen molar-refractivity contribution in [3.05, 3.63) is 70.6 Å². The fraction of sp³-hybridized carbons (Fsp3) is 0.304. The molecule has 1 N–H and O–H groups in total. The number of hydrogen-bond donors (Lipinski definition) is 1. The van der Waals surface area contributed by atoms with E-state index in [0.29, 0.717) is 23.0 Å². The van der Waals surface area contributed by atoms with E-state index in [9.17, 15) is 14.4 Å². The summed E-state index contributed by atoms with van der Waals surface area (Å²) in [7, 11) is 3.53. The van der Waals surface area contributed by atoms with Crippen LogP contribution in [0.25, 0.3) is 10.8 Å². The van der Waals surface area contributed by atoms with Gasteiger partial charge in [-0.2, -0.15) is 5.10 Å². The van der Waals surface area contributed by atoms with Crippen molar-refractivity contribution in [1.29, 1.82) is 0 Å². The first-order valence-electron chi connectivity index (χ1n) is 10.1. The molecule has 0 unspecified atom stereocenters. The van der Waals surface area contributed by atoms with Crippen LogP contribution in [-0.4, -0.2) is 48.4 Å². The molecule has 0 aliphatic rings. The number of hydrogen-bond acceptors (Lipinski definition) is 6. The number of amides is 1. The predicted molar refractivity (Wildman–Crippen MR) is 119 cm³/mol. The third-order valence-corrected chi connectivity index (χ3v) is 4.90. The lowest BCUT2D eigenvalue weighted by atomic mass is 10.1. The van der Waals surface area contributed by atoms with Crippen LogP contribution in [0.4, 0.5) is 5.69 Å². The average Bonchev–Trinajstić information content (AvgIpc) is 2.79. The zero-order valence-corrected chi connectivity index (χ0v) is 17.7. The standard InChI is InChI=1S/C23H26N4O4/c1-26(17-9-4-3-5-10-17)14-8-13-24-21(28)16-31-22(29)15-20-18-11-6-7-12-19(18)23(30)27(2)25-20/h3-7,9-12H,8,13-16H2,1-2H3,(H,24,28). The van der Waals surface area contributed by atoms with Crippen LogP contribution < -0.4 is 15.8 Å². The Morgan fingerprint density at radius 3 is 2.48 bits per heavy atom. The van der Waals surface area contributed by atoms with Crippen molar-refractivity contribution in [2.75, 3.05) is 31.6 Å². The maximum Gasteiger partial charge on any atom is 0.312 e. The highest BCUT2D eigenvalue weighted by Crippen LogP contribution is 2.14. The minimum Gasteiger partial charge on any atom is -0.455 e. The third-order valence-electron chi connectivity index (χ3n) is 4.90. The maximum atomic E-state index is 12.2. The second-order valence-corrected chi connectivity index (χ2v) is 7.22. The van der Waals surface area contributed by atoms with Crippen molar-refractivity contribution < 1.29 is 14.3 Å². The molecule has 1 aromatic heterocycles. The number of aromatic nitrogens is 2. The summed E-state index contributed by atoms with van der Waals surface area (Å²) >= 11 is 0. The Balaban J connectivity index is 1.43. The molecule has 0 aliphatic heterocycles. The summed E-state index contributed by atoms with van der Waals surface area (Å²) in [6.45, 7) is 0.924. The molecule has 0 saturated heterocycles. The molecule has 8 heteroatoms. The first-order chi connectivity index (χ1) is 15.0. The molecule has 0 fully saturated rings. The molecule has 0 spiro atoms. The van der Waals surface area contributed by atoms with Crippen LogP contribution in [0.1, 0.15) is 12.1 Å². The minimum absolute atomic E-state index is 0.121. The minimum atomic E-state index is -0.574. The molecule has 0 radical (unpaired) electrons. The molecule has 0 saturated carbocycles. The zero-order valence-electron chi connectivity index (χ0n) is 17.7. The number of ether oxygens (including phenoxy) is 1. The Bertz CT molecular complexity index is 1110. The lowest BCUT2D eigenvalue weighted by molar-refractivity contribution is -0.147. The molecule has 0 aliphatic carbocycles. The van der Waals surface area contributed by atoms with Gasteiger partial charge in [0.25, 0.3) is 11.5 Å². The lowest BCUT2D eigenvalue weighted by Crippen LogP contribution is -2.32. The van der Waals surface area contributed by atoms with Gasteiger partial charge in [0.05, 0.1) is 17.5 Å². The lowest BCUT2D eigenvalue weighted by Gasteiger charge is -2.19. The van der Waals surface area contributed by atoms with E-state index in [1.165, 1.54) is 11.7 Å². The van der Waals surface area contributed by atoms with Gasteiger partial charge < -0.3 is 15.0 Å². The third kappa shape index (κ3) is 5.91. The number of fused-ring (bicyclic) bond motifs is 1. The molecular formula is C23H26N4O4. The second kappa shape index (κ2) is 10.4. The first-order valence-corrected chi connectivity index (χ1v) is 10.1. The Labute approximate surface area is 180 Å². The SMILES string of the molecule is CN(CCCNC(=O)COC(=O)Cc1nn(C)c(=O)c2ccccc12)c1ccccc1. The topological polar surface area (TPSA) is 93.5 Å². The Morgan fingerprint density at radius 2 is 1.74 bits per heavy atom. The van der Waals surface area contributed by atoms with E-state index in [0.717, 1.165) is 18.7 Å². The summed E-state index contributed by atoms with van der Waals surface area (Å²) in [6.07, 6.45) is 0.642. The fourth-order valence-electron chi connectivity index (χ4n) is 3.25. The van der Waals surface area contributed by atoms with E-state index in [1.54, 1.807) is 24.3 Å². The Morgan fingerprint density at radius 1 is 1.06 bits per heavy atom. The largest absolute Gasteiger partial charge is 0.455 e. The van der Waals surface area contributed by atoms with E-state index in [4.69, 9.17) is 4.74 Å². The molecule has 1 amide bonds. The molecule has 31 heavy (non-hydrogen) atoms. The summed E-state index contributed by atoms with van der Waals surface area (Å²) in [5.74, 6) is -0.927. The molecule has 2 aromatic carbocycles. The number of aryl methyl sites for hydroxylation is 1. The van der Waals surface area contributed by atoms with Crippen LogP contribution >= 0.6 is 0 Å². The van der Waals surface area contributed by atoms with Crippen LogP contribution in [0.15, 0.2) is 59.4 Å². The number of para-hydroxylation sites is 1. The van der Waals surface area contributed by atoms with Gasteiger partial charge in [-0.15, -0.1) is 0 Å². The van der Waals surface area contributed by atoms with Gasteiger partial charge in [0.1, 0.15) is 0 Å². The summed E-state index contributed by atoms with van der Waals surface area (Å²) in [4.78, 5) is 38.4. The number of anilines is 1. The van der Waals surface area contributed by atoms with Gasteiger partial charge in [-0.25, -0.2) is 4.68 Å². The number of nitrogens with one attached hydrogen (secondary N) is 1. The van der Waals surface area contributed by atoms with Crippen molar-refractivity contribution in [3.8, 4) is 0 Å². The van der Waals surface area contributed by atoms with E-state index in [2.05, 4.69) is 15.3 Å². The predicted octanol–water partition coefficient (Wildman–Crippen LogP) is 1.66. The normalized spacial score (nSPS) is 10.6. The summed E-state index contributed by atoms with van der Waals surface area (Å²) in [5.41, 5.74) is 1.32. The zero-order chi connectivity index (χ0) is 22.2. The van der Waals surface area contributed by atoms with Crippen molar-refractivity contribution in [1.82, 2.24) is 15.1 Å². The fourth-order valence-corrected chi connectivity index (χ4v) is 3.25. The number of esters is 1. The van der Waals surface area contributed by atoms with Gasteiger partial charge in [0, 0.05) is 38.3 Å². The Kier molecular flexibility index (Phi) is 7.37. The number of nitrogens with zero attached hydrogens (tertiary/aromatic N) is 3. The molecule has 0 atom stereocenters. The highest BCUT2D eigenvalue weighted by molar-refractivity contribution is 5.87. The van der Waals surface area contributed by atoms with Crippen molar-refractivity contribution in [2.24, 2.45) is 7.05 Å². The molecule has 3 rings (SSSR count). The van der Waals surface area contributed by atoms with Gasteiger partial charge in [-0.3, -0.25) is 14.4 Å². The van der Waals surface area contributed by atoms with Gasteiger partial charge in [-0.05, 0) is 24.6 Å². The van der Waals surface area contributed by atoms with Crippen LogP contribution in [0.5, 0.6) is 0 Å². The summed E-state index contributed by atoms with van der Waals surface area (Å²) < 4.78 is 6.28. The van der Waals surface area contributed by atoms with Crippen LogP contribution in [0, 0.1) is 0 Å². The number of carbonyl (C=O) groups is 2. The van der Waals surface area contributed by atoms with Gasteiger partial charge in [0.15, 0.2) is 6.61 Å². The van der Waals surface area contributed by atoms with Crippen molar-refractivity contribution in [2.45, 2.75) is 12.8 Å². The van der Waals surface area contributed by atoms with E-state index in [1.807, 2.05) is 37.4 Å². The quantitative estimate of drug-likeness (QED) is 0.416. The van der Waals surface area contributed by atoms with Crippen molar-refractivity contribution in [3.63, 3.8) is 0 Å². The average molecular weight is 422 g/mol. The van der Waals surface area contributed by atoms with Gasteiger partial charge in [-0.1, -0.05) is 36.4 Å². The molecule has 3 aromatic rings. The van der Waals surface area contributed by atoms with E-state index in [-0.39, 0.29) is 24.5 Å². The number of benzene rings is 2. The van der Waals surface area contributed by atoms with Gasteiger partial charge >= 0.3 is 5.97 Å². The van der Waals surface area contributed by atoms with Gasteiger partial charge in [0.2, 0.25) is 0 Å². The van der Waals surface area contributed by atoms with Crippen LogP contribution in [-0.2, 0) is 27.8 Å². The molecule has 8 nitrogen and oxygen atoms in total. The molecule has 162 valence electrons. The molecular weight excluding hydrogens is 396 g/mol. The monoisotopic (exact) mass is 422 g/mol. The first kappa shape index (κ1) is 22.0. The molecule has 0 bridgehead atoms. The van der Waals surface area contributed by atoms with Crippen LogP contribution in [0.2, 0.25) is 0 Å². The number of carbonyl (C=O) groups excluding carboxylic acids is 2. The van der Waals surface area contributed by atoms with Crippen LogP contribution in [0.3, 0.4) is 0 Å². The highest BCUT2D eigenvalue weighted by Gasteiger charge is 2.14. The van der Waals surface area contributed by atoms with E-state index >= 15 is 0 Å². The number of rotatable bonds is 9. The second-order valence-electron chi connectivity index (χ2n) is 7.22. The van der Waals surface area contributed by atoms with E-state index < -0.39 is 5.97 Å². The molecule has 1 heterocycles. The van der Waals surface area contributed by atoms with Crippen molar-refractivity contribution >= 4 is 28.3 Å².